The van der Waals surface area contributed by atoms with E-state index in [0.717, 1.165) is 11.3 Å². The molecule has 0 fully saturated rings. The summed E-state index contributed by atoms with van der Waals surface area (Å²) in [5.41, 5.74) is 1.07. The van der Waals surface area contributed by atoms with E-state index in [-0.39, 0.29) is 24.0 Å². The van der Waals surface area contributed by atoms with E-state index in [1.807, 2.05) is 0 Å². The number of aryl methyl sites for hydroxylation is 2. The fraction of sp³-hybridized carbons (Fsp3) is 0.333. The van der Waals surface area contributed by atoms with Crippen molar-refractivity contribution in [1.82, 2.24) is 20.8 Å². The number of aromatic carboxylic acids is 1. The number of nitrogens with one attached hydrogen (secondary N) is 2. The van der Waals surface area contributed by atoms with E-state index in [9.17, 15) is 9.59 Å². The van der Waals surface area contributed by atoms with Crippen molar-refractivity contribution >= 4 is 23.3 Å². The van der Waals surface area contributed by atoms with Crippen LogP contribution in [0.2, 0.25) is 0 Å². The molecule has 8 nitrogen and oxygen atoms in total. The molecule has 0 spiro atoms. The van der Waals surface area contributed by atoms with Gasteiger partial charge in [-0.1, -0.05) is 5.16 Å². The Kier molecular flexibility index (Phi) is 4.53. The summed E-state index contributed by atoms with van der Waals surface area (Å²) in [5, 5.41) is 18.4. The molecule has 2 heterocycles. The van der Waals surface area contributed by atoms with Crippen LogP contribution in [0.3, 0.4) is 0 Å². The molecule has 2 aromatic rings. The molecule has 0 aliphatic rings. The lowest BCUT2D eigenvalue weighted by Gasteiger charge is -2.03. The molecule has 0 atom stereocenters. The fourth-order valence-corrected chi connectivity index (χ4v) is 2.46. The number of thiazole rings is 1. The van der Waals surface area contributed by atoms with Gasteiger partial charge in [-0.25, -0.2) is 14.6 Å². The first kappa shape index (κ1) is 15.0. The van der Waals surface area contributed by atoms with E-state index < -0.39 is 5.97 Å². The molecule has 2 aromatic heterocycles. The van der Waals surface area contributed by atoms with Gasteiger partial charge in [0, 0.05) is 6.07 Å². The molecule has 0 bridgehead atoms. The third-order valence-corrected chi connectivity index (χ3v) is 3.69. The average Bonchev–Trinajstić information content (AvgIpc) is 3.00. The predicted octanol–water partition coefficient (Wildman–Crippen LogP) is 1.45. The second-order valence-electron chi connectivity index (χ2n) is 4.29. The maximum atomic E-state index is 11.6. The summed E-state index contributed by atoms with van der Waals surface area (Å²) in [6.07, 6.45) is 0. The quantitative estimate of drug-likeness (QED) is 0.769. The SMILES string of the molecule is Cc1cc(CNC(=O)NCc2nc(C)c(C(=O)O)s2)no1. The summed E-state index contributed by atoms with van der Waals surface area (Å²) >= 11 is 1.05. The molecule has 3 N–H and O–H groups in total. The number of carbonyl (C=O) groups excluding carboxylic acids is 1. The van der Waals surface area contributed by atoms with Gasteiger partial charge >= 0.3 is 12.0 Å². The number of hydrogen-bond donors (Lipinski definition) is 3. The Balaban J connectivity index is 1.81. The number of amides is 2. The lowest BCUT2D eigenvalue weighted by Crippen LogP contribution is -2.34. The van der Waals surface area contributed by atoms with Crippen molar-refractivity contribution in [2.75, 3.05) is 0 Å². The van der Waals surface area contributed by atoms with Gasteiger partial charge in [-0.2, -0.15) is 0 Å². The van der Waals surface area contributed by atoms with Crippen LogP contribution in [0, 0.1) is 13.8 Å². The second-order valence-corrected chi connectivity index (χ2v) is 5.38. The number of carbonyl (C=O) groups is 2. The van der Waals surface area contributed by atoms with E-state index in [1.165, 1.54) is 0 Å². The van der Waals surface area contributed by atoms with E-state index in [4.69, 9.17) is 9.63 Å². The Bertz CT molecular complexity index is 664. The van der Waals surface area contributed by atoms with Crippen LogP contribution in [0.5, 0.6) is 0 Å². The molecule has 0 aliphatic heterocycles. The van der Waals surface area contributed by atoms with Crippen LogP contribution in [-0.4, -0.2) is 27.2 Å². The number of nitrogens with zero attached hydrogens (tertiary/aromatic N) is 2. The number of carboxylic acids is 1. The van der Waals surface area contributed by atoms with E-state index >= 15 is 0 Å². The van der Waals surface area contributed by atoms with Crippen molar-refractivity contribution in [2.24, 2.45) is 0 Å². The van der Waals surface area contributed by atoms with Gasteiger partial charge in [0.15, 0.2) is 0 Å². The molecule has 0 aliphatic carbocycles. The molecule has 0 saturated heterocycles. The third kappa shape index (κ3) is 4.02. The van der Waals surface area contributed by atoms with Crippen LogP contribution >= 0.6 is 11.3 Å². The Labute approximate surface area is 124 Å². The Morgan fingerprint density at radius 2 is 2.05 bits per heavy atom. The van der Waals surface area contributed by atoms with Crippen LogP contribution in [0.15, 0.2) is 10.6 Å². The molecule has 112 valence electrons. The molecule has 0 aromatic carbocycles. The van der Waals surface area contributed by atoms with Gasteiger partial charge in [0.05, 0.1) is 18.8 Å². The number of aromatic nitrogens is 2. The van der Waals surface area contributed by atoms with E-state index in [0.29, 0.717) is 22.2 Å². The third-order valence-electron chi connectivity index (χ3n) is 2.54. The monoisotopic (exact) mass is 310 g/mol. The van der Waals surface area contributed by atoms with Crippen LogP contribution in [-0.2, 0) is 13.1 Å². The molecule has 21 heavy (non-hydrogen) atoms. The second kappa shape index (κ2) is 6.35. The first-order valence-electron chi connectivity index (χ1n) is 6.09. The lowest BCUT2D eigenvalue weighted by molar-refractivity contribution is 0.0701. The zero-order valence-corrected chi connectivity index (χ0v) is 12.3. The van der Waals surface area contributed by atoms with Gasteiger partial charge in [-0.05, 0) is 13.8 Å². The van der Waals surface area contributed by atoms with Crippen LogP contribution in [0.1, 0.15) is 31.8 Å². The highest BCUT2D eigenvalue weighted by molar-refractivity contribution is 7.13. The van der Waals surface area contributed by atoms with Crippen LogP contribution in [0.25, 0.3) is 0 Å². The molecule has 2 amide bonds. The maximum Gasteiger partial charge on any atom is 0.347 e. The summed E-state index contributed by atoms with van der Waals surface area (Å²) in [5.74, 6) is -0.339. The van der Waals surface area contributed by atoms with Crippen molar-refractivity contribution in [2.45, 2.75) is 26.9 Å². The van der Waals surface area contributed by atoms with Crippen molar-refractivity contribution in [3.05, 3.63) is 33.1 Å². The predicted molar refractivity (Wildman–Crippen MR) is 74.1 cm³/mol. The van der Waals surface area contributed by atoms with Crippen LogP contribution < -0.4 is 10.6 Å². The van der Waals surface area contributed by atoms with Gasteiger partial charge < -0.3 is 20.3 Å². The first-order chi connectivity index (χ1) is 9.95. The van der Waals surface area contributed by atoms with Crippen molar-refractivity contribution in [3.63, 3.8) is 0 Å². The summed E-state index contributed by atoms with van der Waals surface area (Å²) in [6, 6.07) is 1.34. The fourth-order valence-electron chi connectivity index (χ4n) is 1.62. The minimum Gasteiger partial charge on any atom is -0.477 e. The Hall–Kier alpha value is -2.42. The summed E-state index contributed by atoms with van der Waals surface area (Å²) < 4.78 is 4.88. The molecule has 0 unspecified atom stereocenters. The van der Waals surface area contributed by atoms with Crippen molar-refractivity contribution < 1.29 is 19.2 Å². The van der Waals surface area contributed by atoms with E-state index in [1.54, 1.807) is 19.9 Å². The highest BCUT2D eigenvalue weighted by Gasteiger charge is 2.14. The average molecular weight is 310 g/mol. The zero-order chi connectivity index (χ0) is 15.4. The molecule has 0 radical (unpaired) electrons. The van der Waals surface area contributed by atoms with Crippen LogP contribution in [0.4, 0.5) is 4.79 Å². The topological polar surface area (TPSA) is 117 Å². The van der Waals surface area contributed by atoms with E-state index in [2.05, 4.69) is 20.8 Å². The number of carboxylic acid groups (broad SMARTS) is 1. The van der Waals surface area contributed by atoms with Gasteiger partial charge in [0.2, 0.25) is 0 Å². The first-order valence-corrected chi connectivity index (χ1v) is 6.91. The number of urea groups is 1. The highest BCUT2D eigenvalue weighted by atomic mass is 32.1. The molecular formula is C12H14N4O4S. The zero-order valence-electron chi connectivity index (χ0n) is 11.5. The Morgan fingerprint density at radius 1 is 1.33 bits per heavy atom. The minimum absolute atomic E-state index is 0.169. The molecule has 9 heteroatoms. The van der Waals surface area contributed by atoms with Crippen molar-refractivity contribution in [3.8, 4) is 0 Å². The molecule has 2 rings (SSSR count). The number of rotatable bonds is 5. The smallest absolute Gasteiger partial charge is 0.347 e. The normalized spacial score (nSPS) is 10.4. The minimum atomic E-state index is -1.01. The van der Waals surface area contributed by atoms with Gasteiger partial charge in [0.1, 0.15) is 21.3 Å². The summed E-state index contributed by atoms with van der Waals surface area (Å²) in [4.78, 5) is 26.8. The highest BCUT2D eigenvalue weighted by Crippen LogP contribution is 2.17. The van der Waals surface area contributed by atoms with Gasteiger partial charge in [-0.3, -0.25) is 0 Å². The van der Waals surface area contributed by atoms with Gasteiger partial charge in [0.25, 0.3) is 0 Å². The summed E-state index contributed by atoms with van der Waals surface area (Å²) in [7, 11) is 0. The summed E-state index contributed by atoms with van der Waals surface area (Å²) in [6.45, 7) is 3.81. The standard InChI is InChI=1S/C12H14N4O4S/c1-6-3-8(16-20-6)4-13-12(19)14-5-9-15-7(2)10(21-9)11(17)18/h3H,4-5H2,1-2H3,(H,17,18)(H2,13,14,19). The number of hydrogen-bond acceptors (Lipinski definition) is 6. The maximum absolute atomic E-state index is 11.6. The lowest BCUT2D eigenvalue weighted by atomic mass is 10.4. The van der Waals surface area contributed by atoms with Gasteiger partial charge in [-0.15, -0.1) is 11.3 Å². The largest absolute Gasteiger partial charge is 0.477 e. The van der Waals surface area contributed by atoms with Crippen molar-refractivity contribution in [1.29, 1.82) is 0 Å². The molecule has 0 saturated carbocycles. The Morgan fingerprint density at radius 3 is 2.62 bits per heavy atom. The molecular weight excluding hydrogens is 296 g/mol.